The second-order valence-electron chi connectivity index (χ2n) is 5.38. The van der Waals surface area contributed by atoms with Crippen molar-refractivity contribution >= 4 is 11.0 Å². The number of phenolic OH excluding ortho intramolecular Hbond substituents is 2. The predicted octanol–water partition coefficient (Wildman–Crippen LogP) is 2.56. The van der Waals surface area contributed by atoms with E-state index in [1.54, 1.807) is 24.3 Å². The Morgan fingerprint density at radius 1 is 1.17 bits per heavy atom. The fourth-order valence-corrected chi connectivity index (χ4v) is 2.82. The van der Waals surface area contributed by atoms with Crippen LogP contribution < -0.4 is 10.2 Å². The first-order valence-corrected chi connectivity index (χ1v) is 6.95. The molecular formula is C17H12O6. The van der Waals surface area contributed by atoms with Gasteiger partial charge in [0.05, 0.1) is 5.56 Å². The van der Waals surface area contributed by atoms with Crippen molar-refractivity contribution in [1.82, 2.24) is 0 Å². The molecule has 1 atom stereocenters. The average Bonchev–Trinajstić information content (AvgIpc) is 2.53. The molecule has 6 nitrogen and oxygen atoms in total. The summed E-state index contributed by atoms with van der Waals surface area (Å²) in [6.07, 6.45) is -1.44. The van der Waals surface area contributed by atoms with Crippen molar-refractivity contribution in [3.05, 3.63) is 51.9 Å². The fourth-order valence-electron chi connectivity index (χ4n) is 2.82. The molecule has 3 N–H and O–H groups in total. The molecule has 0 fully saturated rings. The third-order valence-electron chi connectivity index (χ3n) is 4.03. The van der Waals surface area contributed by atoms with E-state index in [0.29, 0.717) is 11.3 Å². The van der Waals surface area contributed by atoms with Crippen molar-refractivity contribution in [2.24, 2.45) is 0 Å². The monoisotopic (exact) mass is 312 g/mol. The van der Waals surface area contributed by atoms with Gasteiger partial charge in [-0.1, -0.05) is 18.2 Å². The number of phenols is 2. The fraction of sp³-hybridized carbons (Fsp3) is 0.118. The first-order valence-electron chi connectivity index (χ1n) is 6.95. The predicted molar refractivity (Wildman–Crippen MR) is 81.6 cm³/mol. The first-order chi connectivity index (χ1) is 11.0. The molecule has 0 bridgehead atoms. The van der Waals surface area contributed by atoms with Crippen LogP contribution in [0.4, 0.5) is 0 Å². The molecule has 0 aliphatic carbocycles. The van der Waals surface area contributed by atoms with E-state index in [1.807, 2.05) is 0 Å². The third kappa shape index (κ3) is 1.75. The minimum absolute atomic E-state index is 0.0172. The van der Waals surface area contributed by atoms with Gasteiger partial charge in [0.25, 0.3) is 6.29 Å². The Hall–Kier alpha value is -2.99. The highest BCUT2D eigenvalue weighted by Crippen LogP contribution is 2.42. The molecule has 0 spiro atoms. The van der Waals surface area contributed by atoms with E-state index < -0.39 is 11.7 Å². The van der Waals surface area contributed by atoms with Gasteiger partial charge in [-0.15, -0.1) is 0 Å². The lowest BCUT2D eigenvalue weighted by molar-refractivity contribution is -0.0376. The summed E-state index contributed by atoms with van der Waals surface area (Å²) in [6, 6.07) is 7.99. The topological polar surface area (TPSA) is 100 Å². The van der Waals surface area contributed by atoms with Gasteiger partial charge in [-0.3, -0.25) is 4.79 Å². The number of ether oxygens (including phenoxy) is 1. The van der Waals surface area contributed by atoms with Gasteiger partial charge in [-0.05, 0) is 13.0 Å². The van der Waals surface area contributed by atoms with Crippen LogP contribution in [-0.2, 0) is 0 Å². The molecule has 3 aromatic rings. The lowest BCUT2D eigenvalue weighted by Gasteiger charge is -2.23. The van der Waals surface area contributed by atoms with E-state index in [4.69, 9.17) is 9.15 Å². The van der Waals surface area contributed by atoms with Crippen molar-refractivity contribution < 1.29 is 24.5 Å². The van der Waals surface area contributed by atoms with Crippen LogP contribution in [0.5, 0.6) is 17.2 Å². The van der Waals surface area contributed by atoms with E-state index in [1.165, 1.54) is 13.0 Å². The molecule has 116 valence electrons. The number of hydrogen-bond acceptors (Lipinski definition) is 6. The number of hydrogen-bond donors (Lipinski definition) is 3. The van der Waals surface area contributed by atoms with Gasteiger partial charge in [0.15, 0.2) is 5.76 Å². The zero-order valence-electron chi connectivity index (χ0n) is 12.0. The molecule has 0 saturated carbocycles. The molecule has 0 amide bonds. The summed E-state index contributed by atoms with van der Waals surface area (Å²) >= 11 is 0. The van der Waals surface area contributed by atoms with E-state index >= 15 is 0 Å². The van der Waals surface area contributed by atoms with E-state index in [2.05, 4.69) is 0 Å². The van der Waals surface area contributed by atoms with Crippen LogP contribution in [-0.4, -0.2) is 15.3 Å². The Bertz CT molecular complexity index is 1020. The molecule has 23 heavy (non-hydrogen) atoms. The Balaban J connectivity index is 2.20. The Kier molecular flexibility index (Phi) is 2.67. The maximum Gasteiger partial charge on any atom is 0.257 e. The van der Waals surface area contributed by atoms with Crippen molar-refractivity contribution in [3.8, 4) is 28.4 Å². The molecule has 1 aromatic heterocycles. The van der Waals surface area contributed by atoms with Crippen molar-refractivity contribution in [3.63, 3.8) is 0 Å². The average molecular weight is 312 g/mol. The number of aliphatic hydroxyl groups excluding tert-OH is 1. The van der Waals surface area contributed by atoms with E-state index in [0.717, 1.165) is 0 Å². The van der Waals surface area contributed by atoms with Gasteiger partial charge >= 0.3 is 0 Å². The highest BCUT2D eigenvalue weighted by molar-refractivity contribution is 5.91. The number of aromatic hydroxyl groups is 2. The second kappa shape index (κ2) is 4.50. The number of aliphatic hydroxyl groups is 1. The lowest BCUT2D eigenvalue weighted by Crippen LogP contribution is -2.19. The SMILES string of the molecule is Cc1c(O)cc2oc3c(c(=O)c2c1O)-c1ccccc1O[C@@H]3O. The molecule has 6 heteroatoms. The minimum atomic E-state index is -1.44. The molecule has 1 aliphatic rings. The molecule has 0 radical (unpaired) electrons. The summed E-state index contributed by atoms with van der Waals surface area (Å²) in [4.78, 5) is 12.9. The normalized spacial score (nSPS) is 15.8. The summed E-state index contributed by atoms with van der Waals surface area (Å²) in [6.45, 7) is 1.49. The van der Waals surface area contributed by atoms with Crippen molar-refractivity contribution in [2.45, 2.75) is 13.2 Å². The smallest absolute Gasteiger partial charge is 0.257 e. The van der Waals surface area contributed by atoms with Gasteiger partial charge < -0.3 is 24.5 Å². The Labute approximate surface area is 129 Å². The minimum Gasteiger partial charge on any atom is -0.507 e. The number of rotatable bonds is 0. The van der Waals surface area contributed by atoms with Crippen LogP contribution in [0.3, 0.4) is 0 Å². The summed E-state index contributed by atoms with van der Waals surface area (Å²) in [5.41, 5.74) is 0.305. The molecule has 1 aliphatic heterocycles. The van der Waals surface area contributed by atoms with Gasteiger partial charge in [-0.2, -0.15) is 0 Å². The molecule has 2 aromatic carbocycles. The first kappa shape index (κ1) is 13.7. The van der Waals surface area contributed by atoms with Crippen molar-refractivity contribution in [1.29, 1.82) is 0 Å². The maximum absolute atomic E-state index is 12.9. The Morgan fingerprint density at radius 3 is 2.70 bits per heavy atom. The number of benzene rings is 2. The van der Waals surface area contributed by atoms with Crippen LogP contribution in [0.2, 0.25) is 0 Å². The Morgan fingerprint density at radius 2 is 1.91 bits per heavy atom. The van der Waals surface area contributed by atoms with Gasteiger partial charge in [0.1, 0.15) is 28.2 Å². The molecule has 2 heterocycles. The van der Waals surface area contributed by atoms with Crippen LogP contribution in [0.15, 0.2) is 39.5 Å². The highest BCUT2D eigenvalue weighted by Gasteiger charge is 2.31. The van der Waals surface area contributed by atoms with Crippen LogP contribution in [0.1, 0.15) is 17.6 Å². The molecular weight excluding hydrogens is 300 g/mol. The standard InChI is InChI=1S/C17H12O6/c1-7-9(18)6-11-13(14(7)19)15(20)12-8-4-2-3-5-10(8)23-17(21)16(12)22-11/h2-6,17-19,21H,1H3/t17-/m0/s1. The number of fused-ring (bicyclic) bond motifs is 4. The zero-order valence-corrected chi connectivity index (χ0v) is 12.0. The van der Waals surface area contributed by atoms with Crippen LogP contribution in [0, 0.1) is 6.92 Å². The highest BCUT2D eigenvalue weighted by atomic mass is 16.6. The van der Waals surface area contributed by atoms with Crippen LogP contribution in [0.25, 0.3) is 22.1 Å². The number of para-hydroxylation sites is 1. The largest absolute Gasteiger partial charge is 0.507 e. The summed E-state index contributed by atoms with van der Waals surface area (Å²) in [5, 5.41) is 30.1. The summed E-state index contributed by atoms with van der Waals surface area (Å²) in [5.74, 6) is -0.238. The molecule has 0 saturated heterocycles. The molecule has 4 rings (SSSR count). The van der Waals surface area contributed by atoms with Gasteiger partial charge in [-0.25, -0.2) is 0 Å². The third-order valence-corrected chi connectivity index (χ3v) is 4.03. The second-order valence-corrected chi connectivity index (χ2v) is 5.38. The maximum atomic E-state index is 12.9. The van der Waals surface area contributed by atoms with E-state index in [-0.39, 0.29) is 39.4 Å². The zero-order chi connectivity index (χ0) is 16.3. The van der Waals surface area contributed by atoms with E-state index in [9.17, 15) is 20.1 Å². The van der Waals surface area contributed by atoms with Crippen molar-refractivity contribution in [2.75, 3.05) is 0 Å². The van der Waals surface area contributed by atoms with Gasteiger partial charge in [0.2, 0.25) is 5.43 Å². The van der Waals surface area contributed by atoms with Gasteiger partial charge in [0, 0.05) is 17.2 Å². The quantitative estimate of drug-likeness (QED) is 0.590. The molecule has 0 unspecified atom stereocenters. The lowest BCUT2D eigenvalue weighted by atomic mass is 9.98. The van der Waals surface area contributed by atoms with Crippen LogP contribution >= 0.6 is 0 Å². The summed E-state index contributed by atoms with van der Waals surface area (Å²) < 4.78 is 10.9. The summed E-state index contributed by atoms with van der Waals surface area (Å²) in [7, 11) is 0.